The van der Waals surface area contributed by atoms with Crippen molar-refractivity contribution >= 4 is 17.4 Å². The van der Waals surface area contributed by atoms with Gasteiger partial charge < -0.3 is 5.32 Å². The molecule has 1 unspecified atom stereocenters. The Morgan fingerprint density at radius 1 is 1.26 bits per heavy atom. The quantitative estimate of drug-likeness (QED) is 0.803. The zero-order valence-electron chi connectivity index (χ0n) is 13.4. The minimum atomic E-state index is -0.341. The molecule has 1 amide bonds. The largest absolute Gasteiger partial charge is 0.319 e. The predicted octanol–water partition coefficient (Wildman–Crippen LogP) is 3.20. The van der Waals surface area contributed by atoms with Crippen LogP contribution in [-0.4, -0.2) is 25.5 Å². The molecule has 0 saturated carbocycles. The zero-order chi connectivity index (χ0) is 16.4. The molecule has 23 heavy (non-hydrogen) atoms. The third-order valence-corrected chi connectivity index (χ3v) is 3.98. The molecule has 0 aliphatic heterocycles. The Labute approximate surface area is 134 Å². The second-order valence-electron chi connectivity index (χ2n) is 5.62. The van der Waals surface area contributed by atoms with E-state index in [-0.39, 0.29) is 11.7 Å². The van der Waals surface area contributed by atoms with Crippen LogP contribution in [0.2, 0.25) is 0 Å². The first-order chi connectivity index (χ1) is 11.1. The van der Waals surface area contributed by atoms with E-state index in [1.165, 1.54) is 5.56 Å². The molecule has 3 aromatic rings. The summed E-state index contributed by atoms with van der Waals surface area (Å²) in [5.41, 5.74) is 2.86. The van der Waals surface area contributed by atoms with E-state index < -0.39 is 0 Å². The monoisotopic (exact) mass is 309 g/mol. The number of anilines is 1. The summed E-state index contributed by atoms with van der Waals surface area (Å²) in [5.74, 6) is 0.695. The lowest BCUT2D eigenvalue weighted by Crippen LogP contribution is -2.14. The maximum atomic E-state index is 12.3. The topological polar surface area (TPSA) is 72.2 Å². The van der Waals surface area contributed by atoms with Crippen molar-refractivity contribution in [1.82, 2.24) is 19.6 Å². The van der Waals surface area contributed by atoms with Crippen LogP contribution in [-0.2, 0) is 0 Å². The Kier molecular flexibility index (Phi) is 4.06. The minimum Gasteiger partial charge on any atom is -0.319 e. The average Bonchev–Trinajstić information content (AvgIpc) is 3.00. The number of hydrogen-bond donors (Lipinski definition) is 1. The summed E-state index contributed by atoms with van der Waals surface area (Å²) in [6.45, 7) is 6.23. The van der Waals surface area contributed by atoms with Crippen molar-refractivity contribution < 1.29 is 4.79 Å². The van der Waals surface area contributed by atoms with Crippen LogP contribution in [0.15, 0.2) is 36.5 Å². The van der Waals surface area contributed by atoms with Gasteiger partial charge in [0, 0.05) is 17.6 Å². The summed E-state index contributed by atoms with van der Waals surface area (Å²) in [7, 11) is 0. The van der Waals surface area contributed by atoms with Gasteiger partial charge in [0.15, 0.2) is 0 Å². The van der Waals surface area contributed by atoms with E-state index in [4.69, 9.17) is 0 Å². The highest BCUT2D eigenvalue weighted by molar-refractivity contribution is 6.01. The molecular weight excluding hydrogens is 290 g/mol. The first kappa shape index (κ1) is 15.1. The van der Waals surface area contributed by atoms with Gasteiger partial charge in [-0.25, -0.2) is 9.50 Å². The van der Waals surface area contributed by atoms with Crippen molar-refractivity contribution in [2.75, 3.05) is 5.32 Å². The fourth-order valence-electron chi connectivity index (χ4n) is 2.32. The molecule has 1 aromatic carbocycles. The normalized spacial score (nSPS) is 12.3. The molecule has 0 aliphatic rings. The fraction of sp³-hybridized carbons (Fsp3) is 0.294. The molecule has 0 bridgehead atoms. The summed E-state index contributed by atoms with van der Waals surface area (Å²) in [6.07, 6.45) is 2.73. The second kappa shape index (κ2) is 6.16. The van der Waals surface area contributed by atoms with E-state index in [0.717, 1.165) is 17.8 Å². The third-order valence-electron chi connectivity index (χ3n) is 3.98. The van der Waals surface area contributed by atoms with Crippen molar-refractivity contribution in [3.05, 3.63) is 53.6 Å². The van der Waals surface area contributed by atoms with Crippen LogP contribution in [0.1, 0.15) is 48.1 Å². The maximum absolute atomic E-state index is 12.3. The molecule has 0 aliphatic carbocycles. The highest BCUT2D eigenvalue weighted by Gasteiger charge is 2.14. The van der Waals surface area contributed by atoms with Gasteiger partial charge in [-0.05, 0) is 43.0 Å². The van der Waals surface area contributed by atoms with E-state index in [1.54, 1.807) is 10.7 Å². The van der Waals surface area contributed by atoms with Crippen LogP contribution in [0.4, 0.5) is 5.69 Å². The molecule has 0 radical (unpaired) electrons. The number of carbonyl (C=O) groups is 1. The van der Waals surface area contributed by atoms with Gasteiger partial charge in [0.05, 0.1) is 0 Å². The van der Waals surface area contributed by atoms with Crippen LogP contribution in [0.5, 0.6) is 0 Å². The van der Waals surface area contributed by atoms with Gasteiger partial charge in [0.1, 0.15) is 0 Å². The van der Waals surface area contributed by atoms with E-state index in [2.05, 4.69) is 34.2 Å². The smallest absolute Gasteiger partial charge is 0.295 e. The molecule has 0 fully saturated rings. The van der Waals surface area contributed by atoms with Crippen LogP contribution < -0.4 is 5.32 Å². The number of fused-ring (bicyclic) bond motifs is 1. The summed E-state index contributed by atoms with van der Waals surface area (Å²) in [6, 6.07) is 9.69. The number of nitrogens with one attached hydrogen (secondary N) is 1. The molecule has 2 heterocycles. The Morgan fingerprint density at radius 3 is 2.65 bits per heavy atom. The fourth-order valence-corrected chi connectivity index (χ4v) is 2.32. The van der Waals surface area contributed by atoms with E-state index >= 15 is 0 Å². The molecule has 0 spiro atoms. The lowest BCUT2D eigenvalue weighted by atomic mass is 9.99. The Hall–Kier alpha value is -2.76. The highest BCUT2D eigenvalue weighted by Crippen LogP contribution is 2.20. The van der Waals surface area contributed by atoms with E-state index in [9.17, 15) is 4.79 Å². The molecule has 0 saturated heterocycles. The Balaban J connectivity index is 1.79. The molecule has 1 N–H and O–H groups in total. The van der Waals surface area contributed by atoms with Crippen molar-refractivity contribution in [2.45, 2.75) is 33.1 Å². The van der Waals surface area contributed by atoms with Crippen molar-refractivity contribution in [1.29, 1.82) is 0 Å². The SMILES string of the molecule is CCC(C)c1ccc(NC(=O)c2nc3nccc(C)n3n2)cc1. The van der Waals surface area contributed by atoms with Crippen LogP contribution in [0, 0.1) is 6.92 Å². The number of benzene rings is 1. The van der Waals surface area contributed by atoms with Crippen LogP contribution in [0.3, 0.4) is 0 Å². The van der Waals surface area contributed by atoms with Gasteiger partial charge in [0.25, 0.3) is 11.7 Å². The van der Waals surface area contributed by atoms with Crippen LogP contribution in [0.25, 0.3) is 5.78 Å². The number of amides is 1. The summed E-state index contributed by atoms with van der Waals surface area (Å²) in [5, 5.41) is 7.02. The predicted molar refractivity (Wildman–Crippen MR) is 88.6 cm³/mol. The molecule has 118 valence electrons. The summed E-state index contributed by atoms with van der Waals surface area (Å²) >= 11 is 0. The van der Waals surface area contributed by atoms with Gasteiger partial charge in [-0.1, -0.05) is 26.0 Å². The van der Waals surface area contributed by atoms with Gasteiger partial charge in [-0.2, -0.15) is 4.98 Å². The first-order valence-electron chi connectivity index (χ1n) is 7.68. The van der Waals surface area contributed by atoms with Crippen LogP contribution >= 0.6 is 0 Å². The summed E-state index contributed by atoms with van der Waals surface area (Å²) in [4.78, 5) is 20.6. The Morgan fingerprint density at radius 2 is 2.00 bits per heavy atom. The lowest BCUT2D eigenvalue weighted by Gasteiger charge is -2.09. The number of aromatic nitrogens is 4. The van der Waals surface area contributed by atoms with E-state index in [1.807, 2.05) is 37.3 Å². The third kappa shape index (κ3) is 3.06. The molecule has 1 atom stereocenters. The van der Waals surface area contributed by atoms with Crippen molar-refractivity contribution in [2.24, 2.45) is 0 Å². The van der Waals surface area contributed by atoms with Crippen molar-refractivity contribution in [3.8, 4) is 0 Å². The average molecular weight is 309 g/mol. The molecule has 6 heteroatoms. The highest BCUT2D eigenvalue weighted by atomic mass is 16.2. The number of nitrogens with zero attached hydrogens (tertiary/aromatic N) is 4. The molecule has 2 aromatic heterocycles. The zero-order valence-corrected chi connectivity index (χ0v) is 13.4. The first-order valence-corrected chi connectivity index (χ1v) is 7.68. The Bertz CT molecular complexity index is 838. The standard InChI is InChI=1S/C17H19N5O/c1-4-11(2)13-5-7-14(8-6-13)19-16(23)15-20-17-18-10-9-12(3)22(17)21-15/h5-11H,4H2,1-3H3,(H,19,23). The second-order valence-corrected chi connectivity index (χ2v) is 5.62. The molecular formula is C17H19N5O. The summed E-state index contributed by atoms with van der Waals surface area (Å²) < 4.78 is 1.56. The van der Waals surface area contributed by atoms with Gasteiger partial charge in [0.2, 0.25) is 5.82 Å². The van der Waals surface area contributed by atoms with Gasteiger partial charge in [-0.3, -0.25) is 4.79 Å². The van der Waals surface area contributed by atoms with Crippen molar-refractivity contribution in [3.63, 3.8) is 0 Å². The number of carbonyl (C=O) groups excluding carboxylic acids is 1. The lowest BCUT2D eigenvalue weighted by molar-refractivity contribution is 0.101. The number of aryl methyl sites for hydroxylation is 1. The maximum Gasteiger partial charge on any atom is 0.295 e. The van der Waals surface area contributed by atoms with E-state index in [0.29, 0.717) is 11.7 Å². The minimum absolute atomic E-state index is 0.109. The molecule has 3 rings (SSSR count). The number of rotatable bonds is 4. The van der Waals surface area contributed by atoms with Gasteiger partial charge >= 0.3 is 0 Å². The molecule has 6 nitrogen and oxygen atoms in total. The number of hydrogen-bond acceptors (Lipinski definition) is 4. The van der Waals surface area contributed by atoms with Gasteiger partial charge in [-0.15, -0.1) is 5.10 Å².